The van der Waals surface area contributed by atoms with Gasteiger partial charge in [0.2, 0.25) is 0 Å². The monoisotopic (exact) mass is 393 g/mol. The minimum Gasteiger partial charge on any atom is -0.476 e. The van der Waals surface area contributed by atoms with Crippen molar-refractivity contribution in [2.45, 2.75) is 38.6 Å². The third-order valence-corrected chi connectivity index (χ3v) is 5.30. The molecule has 2 aromatic heterocycles. The lowest BCUT2D eigenvalue weighted by molar-refractivity contribution is 0.0676. The van der Waals surface area contributed by atoms with Crippen LogP contribution in [0.4, 0.5) is 0 Å². The Balaban J connectivity index is 1.60. The van der Waals surface area contributed by atoms with Crippen LogP contribution < -0.4 is 0 Å². The van der Waals surface area contributed by atoms with Crippen molar-refractivity contribution >= 4 is 22.9 Å². The van der Waals surface area contributed by atoms with Crippen LogP contribution in [0.25, 0.3) is 11.0 Å². The largest absolute Gasteiger partial charge is 0.476 e. The van der Waals surface area contributed by atoms with E-state index in [1.165, 1.54) is 6.20 Å². The Bertz CT molecular complexity index is 1060. The number of amides is 1. The van der Waals surface area contributed by atoms with E-state index in [0.29, 0.717) is 13.1 Å². The number of hydrogen-bond donors (Lipinski definition) is 1. The number of rotatable bonds is 4. The van der Waals surface area contributed by atoms with Crippen molar-refractivity contribution in [3.63, 3.8) is 0 Å². The van der Waals surface area contributed by atoms with Gasteiger partial charge in [0, 0.05) is 25.0 Å². The quantitative estimate of drug-likeness (QED) is 0.731. The van der Waals surface area contributed by atoms with Crippen molar-refractivity contribution in [2.24, 2.45) is 0 Å². The van der Waals surface area contributed by atoms with Gasteiger partial charge >= 0.3 is 5.97 Å². The second kappa shape index (κ2) is 7.62. The molecule has 8 heteroatoms. The van der Waals surface area contributed by atoms with E-state index in [4.69, 9.17) is 10.1 Å². The Hall–Kier alpha value is -3.29. The second-order valence-corrected chi connectivity index (χ2v) is 7.60. The van der Waals surface area contributed by atoms with Crippen LogP contribution in [0.15, 0.2) is 36.7 Å². The van der Waals surface area contributed by atoms with Crippen LogP contribution >= 0.6 is 0 Å². The van der Waals surface area contributed by atoms with Gasteiger partial charge in [-0.05, 0) is 38.8 Å². The fourth-order valence-corrected chi connectivity index (χ4v) is 3.98. The lowest BCUT2D eigenvalue weighted by atomic mass is 9.96. The third-order valence-electron chi connectivity index (χ3n) is 5.30. The average molecular weight is 393 g/mol. The van der Waals surface area contributed by atoms with Gasteiger partial charge in [-0.15, -0.1) is 0 Å². The molecule has 3 heterocycles. The Morgan fingerprint density at radius 2 is 1.86 bits per heavy atom. The van der Waals surface area contributed by atoms with E-state index < -0.39 is 5.97 Å². The standard InChI is InChI=1S/C21H23N5O3/c1-13(2)26-18-8-4-3-7-15(18)24-19(26)14-6-5-9-25(12-14)20(27)16-10-23-17(11-22-16)21(28)29/h3-4,7-8,10-11,13-14H,5-6,9,12H2,1-2H3,(H,28,29). The van der Waals surface area contributed by atoms with Crippen LogP contribution in [-0.2, 0) is 0 Å². The number of carboxylic acid groups (broad SMARTS) is 1. The molecule has 1 amide bonds. The summed E-state index contributed by atoms with van der Waals surface area (Å²) in [5.74, 6) is -0.256. The third kappa shape index (κ3) is 3.57. The number of para-hydroxylation sites is 2. The molecule has 0 spiro atoms. The van der Waals surface area contributed by atoms with Crippen molar-refractivity contribution in [3.8, 4) is 0 Å². The first-order chi connectivity index (χ1) is 14.0. The maximum Gasteiger partial charge on any atom is 0.356 e. The first-order valence-electron chi connectivity index (χ1n) is 9.77. The molecule has 0 saturated carbocycles. The van der Waals surface area contributed by atoms with Crippen molar-refractivity contribution in [1.29, 1.82) is 0 Å². The van der Waals surface area contributed by atoms with Gasteiger partial charge in [0.1, 0.15) is 11.5 Å². The minimum atomic E-state index is -1.16. The van der Waals surface area contributed by atoms with E-state index in [-0.39, 0.29) is 29.3 Å². The number of carbonyl (C=O) groups excluding carboxylic acids is 1. The van der Waals surface area contributed by atoms with E-state index in [1.54, 1.807) is 4.90 Å². The number of carboxylic acids is 1. The molecule has 8 nitrogen and oxygen atoms in total. The summed E-state index contributed by atoms with van der Waals surface area (Å²) in [5.41, 5.74) is 2.06. The van der Waals surface area contributed by atoms with Crippen LogP contribution in [0, 0.1) is 0 Å². The summed E-state index contributed by atoms with van der Waals surface area (Å²) in [5, 5.41) is 8.95. The van der Waals surface area contributed by atoms with E-state index >= 15 is 0 Å². The Morgan fingerprint density at radius 3 is 2.55 bits per heavy atom. The van der Waals surface area contributed by atoms with Gasteiger partial charge in [0.15, 0.2) is 5.69 Å². The molecular formula is C21H23N5O3. The van der Waals surface area contributed by atoms with E-state index in [1.807, 2.05) is 18.2 Å². The van der Waals surface area contributed by atoms with Gasteiger partial charge in [0.25, 0.3) is 5.91 Å². The number of hydrogen-bond acceptors (Lipinski definition) is 5. The van der Waals surface area contributed by atoms with E-state index in [2.05, 4.69) is 34.4 Å². The number of likely N-dealkylation sites (tertiary alicyclic amines) is 1. The van der Waals surface area contributed by atoms with Crippen molar-refractivity contribution in [2.75, 3.05) is 13.1 Å². The van der Waals surface area contributed by atoms with E-state index in [9.17, 15) is 9.59 Å². The average Bonchev–Trinajstić information content (AvgIpc) is 3.13. The molecule has 1 fully saturated rings. The van der Waals surface area contributed by atoms with Gasteiger partial charge in [-0.3, -0.25) is 4.79 Å². The number of carbonyl (C=O) groups is 2. The van der Waals surface area contributed by atoms with Crippen LogP contribution in [0.1, 0.15) is 65.5 Å². The Labute approximate surface area is 168 Å². The number of aromatic carboxylic acids is 1. The summed E-state index contributed by atoms with van der Waals surface area (Å²) in [6.45, 7) is 5.47. The number of nitrogens with zero attached hydrogens (tertiary/aromatic N) is 5. The van der Waals surface area contributed by atoms with Gasteiger partial charge in [-0.1, -0.05) is 12.1 Å². The molecule has 1 unspecified atom stereocenters. The zero-order valence-corrected chi connectivity index (χ0v) is 16.4. The molecule has 1 N–H and O–H groups in total. The zero-order valence-electron chi connectivity index (χ0n) is 16.4. The molecule has 29 heavy (non-hydrogen) atoms. The fraction of sp³-hybridized carbons (Fsp3) is 0.381. The highest BCUT2D eigenvalue weighted by atomic mass is 16.4. The summed E-state index contributed by atoms with van der Waals surface area (Å²) >= 11 is 0. The summed E-state index contributed by atoms with van der Waals surface area (Å²) in [6.07, 6.45) is 4.19. The fourth-order valence-electron chi connectivity index (χ4n) is 3.98. The Kier molecular flexibility index (Phi) is 5.00. The van der Waals surface area contributed by atoms with Crippen molar-refractivity contribution in [3.05, 3.63) is 53.9 Å². The van der Waals surface area contributed by atoms with Crippen LogP contribution in [0.2, 0.25) is 0 Å². The molecule has 0 aliphatic carbocycles. The Morgan fingerprint density at radius 1 is 1.14 bits per heavy atom. The van der Waals surface area contributed by atoms with Crippen LogP contribution in [0.3, 0.4) is 0 Å². The highest BCUT2D eigenvalue weighted by molar-refractivity contribution is 5.93. The molecule has 1 saturated heterocycles. The molecule has 0 bridgehead atoms. The van der Waals surface area contributed by atoms with Gasteiger partial charge in [0.05, 0.1) is 23.4 Å². The van der Waals surface area contributed by atoms with Crippen molar-refractivity contribution < 1.29 is 14.7 Å². The molecule has 4 rings (SSSR count). The number of benzene rings is 1. The lowest BCUT2D eigenvalue weighted by Crippen LogP contribution is -2.40. The summed E-state index contributed by atoms with van der Waals surface area (Å²) in [7, 11) is 0. The highest BCUT2D eigenvalue weighted by Crippen LogP contribution is 2.31. The molecule has 3 aromatic rings. The molecule has 1 aliphatic rings. The first-order valence-corrected chi connectivity index (χ1v) is 9.77. The first kappa shape index (κ1) is 19.0. The topological polar surface area (TPSA) is 101 Å². The summed E-state index contributed by atoms with van der Waals surface area (Å²) in [6, 6.07) is 8.36. The number of piperidine rings is 1. The lowest BCUT2D eigenvalue weighted by Gasteiger charge is -2.33. The molecule has 1 aliphatic heterocycles. The van der Waals surface area contributed by atoms with Gasteiger partial charge < -0.3 is 14.6 Å². The van der Waals surface area contributed by atoms with Gasteiger partial charge in [-0.25, -0.2) is 19.7 Å². The number of fused-ring (bicyclic) bond motifs is 1. The van der Waals surface area contributed by atoms with Crippen molar-refractivity contribution in [1.82, 2.24) is 24.4 Å². The predicted molar refractivity (Wildman–Crippen MR) is 107 cm³/mol. The number of imidazole rings is 1. The maximum absolute atomic E-state index is 12.9. The van der Waals surface area contributed by atoms with Crippen LogP contribution in [0.5, 0.6) is 0 Å². The SMILES string of the molecule is CC(C)n1c(C2CCCN(C(=O)c3cnc(C(=O)O)cn3)C2)nc2ccccc21. The summed E-state index contributed by atoms with van der Waals surface area (Å²) in [4.78, 5) is 38.3. The van der Waals surface area contributed by atoms with Gasteiger partial charge in [-0.2, -0.15) is 0 Å². The highest BCUT2D eigenvalue weighted by Gasteiger charge is 2.30. The molecule has 1 atom stereocenters. The predicted octanol–water partition coefficient (Wildman–Crippen LogP) is 3.13. The van der Waals surface area contributed by atoms with Crippen LogP contribution in [-0.4, -0.2) is 54.5 Å². The minimum absolute atomic E-state index is 0.133. The molecule has 150 valence electrons. The molecule has 0 radical (unpaired) electrons. The van der Waals surface area contributed by atoms with E-state index in [0.717, 1.165) is 35.9 Å². The second-order valence-electron chi connectivity index (χ2n) is 7.60. The maximum atomic E-state index is 12.9. The molecular weight excluding hydrogens is 370 g/mol. The smallest absolute Gasteiger partial charge is 0.356 e. The number of aromatic nitrogens is 4. The zero-order chi connectivity index (χ0) is 20.5. The summed E-state index contributed by atoms with van der Waals surface area (Å²) < 4.78 is 2.26. The normalized spacial score (nSPS) is 17.1. The molecule has 1 aromatic carbocycles.